The van der Waals surface area contributed by atoms with Gasteiger partial charge >= 0.3 is 5.97 Å². The van der Waals surface area contributed by atoms with Crippen LogP contribution in [0.5, 0.6) is 0 Å². The molecule has 0 bridgehead atoms. The van der Waals surface area contributed by atoms with Crippen LogP contribution < -0.4 is 10.6 Å². The van der Waals surface area contributed by atoms with E-state index in [1.54, 1.807) is 12.5 Å². The molecule has 2 heterocycles. The maximum absolute atomic E-state index is 10.8. The number of thiazole rings is 1. The zero-order chi connectivity index (χ0) is 13.1. The molecule has 1 aromatic rings. The van der Waals surface area contributed by atoms with Gasteiger partial charge in [0.05, 0.1) is 11.8 Å². The van der Waals surface area contributed by atoms with Crippen molar-refractivity contribution in [2.24, 2.45) is 5.73 Å². The van der Waals surface area contributed by atoms with E-state index in [0.717, 1.165) is 31.1 Å². The second-order valence-corrected chi connectivity index (χ2v) is 5.15. The molecule has 1 aliphatic heterocycles. The molecule has 3 N–H and O–H groups in total. The van der Waals surface area contributed by atoms with Crippen molar-refractivity contribution >= 4 is 22.4 Å². The van der Waals surface area contributed by atoms with Gasteiger partial charge in [-0.3, -0.25) is 4.79 Å². The van der Waals surface area contributed by atoms with E-state index in [1.807, 2.05) is 0 Å². The molecule has 6 nitrogen and oxygen atoms in total. The number of nitrogens with two attached hydrogens (primary N) is 1. The zero-order valence-corrected chi connectivity index (χ0v) is 11.0. The molecule has 0 spiro atoms. The Kier molecular flexibility index (Phi) is 4.15. The summed E-state index contributed by atoms with van der Waals surface area (Å²) in [5.74, 6) is -1.06. The van der Waals surface area contributed by atoms with Crippen molar-refractivity contribution in [2.75, 3.05) is 25.1 Å². The average molecular weight is 271 g/mol. The summed E-state index contributed by atoms with van der Waals surface area (Å²) in [6.45, 7) is 1.72. The number of aliphatic carboxylic acids is 1. The van der Waals surface area contributed by atoms with E-state index in [-0.39, 0.29) is 6.10 Å². The van der Waals surface area contributed by atoms with Crippen LogP contribution in [0.15, 0.2) is 5.38 Å². The lowest BCUT2D eigenvalue weighted by molar-refractivity contribution is -0.138. The quantitative estimate of drug-likeness (QED) is 0.843. The number of ether oxygens (including phenoxy) is 1. The van der Waals surface area contributed by atoms with E-state index in [1.165, 1.54) is 11.3 Å². The molecule has 1 aliphatic rings. The van der Waals surface area contributed by atoms with Crippen LogP contribution in [0, 0.1) is 0 Å². The number of piperidine rings is 1. The Balaban J connectivity index is 2.07. The molecule has 2 unspecified atom stereocenters. The maximum atomic E-state index is 10.8. The number of anilines is 1. The highest BCUT2D eigenvalue weighted by Crippen LogP contribution is 2.26. The summed E-state index contributed by atoms with van der Waals surface area (Å²) in [7, 11) is 1.71. The van der Waals surface area contributed by atoms with Gasteiger partial charge in [-0.1, -0.05) is 0 Å². The van der Waals surface area contributed by atoms with E-state index < -0.39 is 12.0 Å². The fraction of sp³-hybridized carbons (Fsp3) is 0.636. The number of aromatic nitrogens is 1. The highest BCUT2D eigenvalue weighted by atomic mass is 32.1. The number of hydrogen-bond donors (Lipinski definition) is 2. The second kappa shape index (κ2) is 5.64. The largest absolute Gasteiger partial charge is 0.480 e. The van der Waals surface area contributed by atoms with E-state index in [0.29, 0.717) is 5.69 Å². The SMILES string of the molecule is COC1CCCN(c2nc(C(N)C(=O)O)cs2)C1. The topological polar surface area (TPSA) is 88.7 Å². The molecule has 18 heavy (non-hydrogen) atoms. The highest BCUT2D eigenvalue weighted by molar-refractivity contribution is 7.13. The number of nitrogens with zero attached hydrogens (tertiary/aromatic N) is 2. The van der Waals surface area contributed by atoms with E-state index in [2.05, 4.69) is 9.88 Å². The summed E-state index contributed by atoms with van der Waals surface area (Å²) in [4.78, 5) is 17.2. The van der Waals surface area contributed by atoms with Crippen molar-refractivity contribution in [2.45, 2.75) is 25.0 Å². The summed E-state index contributed by atoms with van der Waals surface area (Å²) in [6.07, 6.45) is 2.33. The van der Waals surface area contributed by atoms with Crippen LogP contribution in [0.1, 0.15) is 24.6 Å². The highest BCUT2D eigenvalue weighted by Gasteiger charge is 2.24. The van der Waals surface area contributed by atoms with Gasteiger partial charge < -0.3 is 20.5 Å². The van der Waals surface area contributed by atoms with Crippen LogP contribution in [0.25, 0.3) is 0 Å². The van der Waals surface area contributed by atoms with Gasteiger partial charge in [-0.15, -0.1) is 11.3 Å². The van der Waals surface area contributed by atoms with Gasteiger partial charge in [-0.25, -0.2) is 4.98 Å². The smallest absolute Gasteiger partial charge is 0.326 e. The van der Waals surface area contributed by atoms with Crippen molar-refractivity contribution in [3.63, 3.8) is 0 Å². The minimum absolute atomic E-state index is 0.222. The Hall–Kier alpha value is -1.18. The average Bonchev–Trinajstić information content (AvgIpc) is 2.87. The lowest BCUT2D eigenvalue weighted by Crippen LogP contribution is -2.39. The van der Waals surface area contributed by atoms with Crippen molar-refractivity contribution < 1.29 is 14.6 Å². The Morgan fingerprint density at radius 1 is 1.78 bits per heavy atom. The van der Waals surface area contributed by atoms with E-state index >= 15 is 0 Å². The molecule has 0 aliphatic carbocycles. The molecule has 0 saturated carbocycles. The van der Waals surface area contributed by atoms with Crippen molar-refractivity contribution in [1.82, 2.24) is 4.98 Å². The molecule has 0 aromatic carbocycles. The Morgan fingerprint density at radius 3 is 3.22 bits per heavy atom. The first kappa shape index (κ1) is 13.3. The van der Waals surface area contributed by atoms with Gasteiger partial charge in [0.2, 0.25) is 0 Å². The third-order valence-electron chi connectivity index (χ3n) is 3.08. The zero-order valence-electron chi connectivity index (χ0n) is 10.2. The van der Waals surface area contributed by atoms with Crippen molar-refractivity contribution in [3.05, 3.63) is 11.1 Å². The number of hydrogen-bond acceptors (Lipinski definition) is 6. The second-order valence-electron chi connectivity index (χ2n) is 4.32. The van der Waals surface area contributed by atoms with Gasteiger partial charge in [-0.2, -0.15) is 0 Å². The number of carboxylic acids is 1. The molecule has 0 radical (unpaired) electrons. The first-order valence-electron chi connectivity index (χ1n) is 5.83. The summed E-state index contributed by atoms with van der Waals surface area (Å²) in [5, 5.41) is 11.4. The van der Waals surface area contributed by atoms with Crippen LogP contribution in [0.2, 0.25) is 0 Å². The van der Waals surface area contributed by atoms with E-state index in [9.17, 15) is 4.79 Å². The molecular weight excluding hydrogens is 254 g/mol. The number of methoxy groups -OCH3 is 1. The molecule has 2 rings (SSSR count). The van der Waals surface area contributed by atoms with Gasteiger partial charge in [0.25, 0.3) is 0 Å². The Bertz CT molecular complexity index is 423. The predicted molar refractivity (Wildman–Crippen MR) is 68.9 cm³/mol. The van der Waals surface area contributed by atoms with Crippen molar-refractivity contribution in [3.8, 4) is 0 Å². The summed E-state index contributed by atoms with van der Waals surface area (Å²) >= 11 is 1.43. The predicted octanol–water partition coefficient (Wildman–Crippen LogP) is 0.843. The Morgan fingerprint density at radius 2 is 2.56 bits per heavy atom. The number of rotatable bonds is 4. The van der Waals surface area contributed by atoms with Gasteiger partial charge in [-0.05, 0) is 12.8 Å². The summed E-state index contributed by atoms with van der Waals surface area (Å²) in [6, 6.07) is -1.04. The molecule has 7 heteroatoms. The minimum atomic E-state index is -1.06. The van der Waals surface area contributed by atoms with Gasteiger partial charge in [0, 0.05) is 25.6 Å². The molecule has 1 saturated heterocycles. The minimum Gasteiger partial charge on any atom is -0.480 e. The van der Waals surface area contributed by atoms with Crippen LogP contribution in [0.3, 0.4) is 0 Å². The fourth-order valence-electron chi connectivity index (χ4n) is 2.00. The lowest BCUT2D eigenvalue weighted by Gasteiger charge is -2.31. The molecule has 1 fully saturated rings. The molecule has 2 atom stereocenters. The standard InChI is InChI=1S/C11H17N3O3S/c1-17-7-3-2-4-14(5-7)11-13-8(6-18-11)9(12)10(15)16/h6-7,9H,2-5,12H2,1H3,(H,15,16). The summed E-state index contributed by atoms with van der Waals surface area (Å²) in [5.41, 5.74) is 5.95. The van der Waals surface area contributed by atoms with Crippen LogP contribution in [0.4, 0.5) is 5.13 Å². The third-order valence-corrected chi connectivity index (χ3v) is 4.00. The third kappa shape index (κ3) is 2.80. The maximum Gasteiger partial charge on any atom is 0.326 e. The summed E-state index contributed by atoms with van der Waals surface area (Å²) < 4.78 is 5.35. The van der Waals surface area contributed by atoms with Crippen LogP contribution >= 0.6 is 11.3 Å². The molecule has 0 amide bonds. The van der Waals surface area contributed by atoms with Crippen LogP contribution in [-0.4, -0.2) is 42.4 Å². The van der Waals surface area contributed by atoms with Gasteiger partial charge in [0.1, 0.15) is 6.04 Å². The fourth-order valence-corrected chi connectivity index (χ4v) is 2.89. The first-order chi connectivity index (χ1) is 8.61. The number of carboxylic acid groups (broad SMARTS) is 1. The molecule has 1 aromatic heterocycles. The normalized spacial score (nSPS) is 21.9. The first-order valence-corrected chi connectivity index (χ1v) is 6.71. The molecular formula is C11H17N3O3S. The monoisotopic (exact) mass is 271 g/mol. The van der Waals surface area contributed by atoms with E-state index in [4.69, 9.17) is 15.6 Å². The number of carbonyl (C=O) groups is 1. The Labute approximate surface area is 109 Å². The van der Waals surface area contributed by atoms with Crippen molar-refractivity contribution in [1.29, 1.82) is 0 Å². The molecule has 100 valence electrons. The lowest BCUT2D eigenvalue weighted by atomic mass is 10.1. The van der Waals surface area contributed by atoms with Gasteiger partial charge in [0.15, 0.2) is 5.13 Å². The van der Waals surface area contributed by atoms with Crippen LogP contribution in [-0.2, 0) is 9.53 Å².